The Morgan fingerprint density at radius 3 is 1.46 bits per heavy atom. The predicted octanol–water partition coefficient (Wildman–Crippen LogP) is 13.0. The van der Waals surface area contributed by atoms with Crippen LogP contribution in [0.15, 0.2) is 206 Å². The Bertz CT molecular complexity index is 2540. The zero-order valence-electron chi connectivity index (χ0n) is 40.8. The van der Waals surface area contributed by atoms with Gasteiger partial charge in [0.1, 0.15) is 11.6 Å². The average molecular weight is 980 g/mol. The van der Waals surface area contributed by atoms with Crippen LogP contribution in [0, 0.1) is 11.7 Å². The van der Waals surface area contributed by atoms with Gasteiger partial charge in [-0.05, 0) is 95.8 Å². The summed E-state index contributed by atoms with van der Waals surface area (Å²) in [6.45, 7) is 5.13. The van der Waals surface area contributed by atoms with E-state index in [1.165, 1.54) is 45.5 Å². The molecule has 0 aromatic heterocycles. The van der Waals surface area contributed by atoms with E-state index in [1.807, 2.05) is 42.6 Å². The van der Waals surface area contributed by atoms with Crippen molar-refractivity contribution in [2.24, 2.45) is 5.92 Å². The second-order valence-electron chi connectivity index (χ2n) is 19.0. The van der Waals surface area contributed by atoms with Crippen LogP contribution in [0.2, 0.25) is 0 Å². The van der Waals surface area contributed by atoms with Crippen molar-refractivity contribution in [2.45, 2.75) is 66.5 Å². The number of rotatable bonds is 23. The standard InChI is InChI=1S/C63H66FN3O2S2/c1-2-59(68)61-57(48-34-36-55(64)37-35-48)46-56-38-39-58(61)67(56)42-21-41-66(43-45-71-63(52-28-15-6-16-29-52,53-30-17-7-18-31-53)54-32-19-8-20-33-54)47-60(69)65-40-44-70-62(49-22-9-3-10-23-49,50-24-11-4-12-25-50)51-26-13-5-14-27-51/h3-20,22-37,56-58,61H,2,21,38-47H2,1H3,(H,65,69)/t56-,57+,58+,61-/m0/s1. The van der Waals surface area contributed by atoms with Crippen LogP contribution >= 0.6 is 23.5 Å². The van der Waals surface area contributed by atoms with Gasteiger partial charge in [-0.1, -0.05) is 201 Å². The van der Waals surface area contributed by atoms with Gasteiger partial charge in [0.15, 0.2) is 0 Å². The zero-order valence-corrected chi connectivity index (χ0v) is 42.5. The molecular formula is C63H66FN3O2S2. The van der Waals surface area contributed by atoms with Gasteiger partial charge in [-0.25, -0.2) is 4.39 Å². The van der Waals surface area contributed by atoms with E-state index < -0.39 is 9.49 Å². The lowest BCUT2D eigenvalue weighted by Crippen LogP contribution is -2.51. The van der Waals surface area contributed by atoms with Crippen LogP contribution in [0.25, 0.3) is 0 Å². The van der Waals surface area contributed by atoms with Crippen molar-refractivity contribution in [1.82, 2.24) is 15.1 Å². The van der Waals surface area contributed by atoms with Gasteiger partial charge >= 0.3 is 0 Å². The summed E-state index contributed by atoms with van der Waals surface area (Å²) in [5, 5.41) is 3.36. The zero-order chi connectivity index (χ0) is 48.9. The number of amides is 1. The third kappa shape index (κ3) is 11.3. The maximum Gasteiger partial charge on any atom is 0.234 e. The number of nitrogens with zero attached hydrogens (tertiary/aromatic N) is 2. The molecule has 71 heavy (non-hydrogen) atoms. The summed E-state index contributed by atoms with van der Waals surface area (Å²) < 4.78 is 13.1. The first-order valence-corrected chi connectivity index (χ1v) is 27.5. The number of hydrogen-bond acceptors (Lipinski definition) is 6. The van der Waals surface area contributed by atoms with E-state index in [1.54, 1.807) is 0 Å². The van der Waals surface area contributed by atoms with Gasteiger partial charge in [-0.2, -0.15) is 0 Å². The fourth-order valence-corrected chi connectivity index (χ4v) is 14.6. The van der Waals surface area contributed by atoms with Gasteiger partial charge in [0.2, 0.25) is 5.91 Å². The van der Waals surface area contributed by atoms with Crippen molar-refractivity contribution < 1.29 is 14.0 Å². The summed E-state index contributed by atoms with van der Waals surface area (Å²) in [5.41, 5.74) is 8.34. The van der Waals surface area contributed by atoms with Gasteiger partial charge in [0.25, 0.3) is 0 Å². The smallest absolute Gasteiger partial charge is 0.234 e. The fourth-order valence-electron chi connectivity index (χ4n) is 11.7. The molecule has 8 heteroatoms. The normalized spacial score (nSPS) is 18.1. The average Bonchev–Trinajstić information content (AvgIpc) is 3.70. The Balaban J connectivity index is 0.933. The number of piperidine rings is 1. The van der Waals surface area contributed by atoms with Gasteiger partial charge in [0.05, 0.1) is 16.0 Å². The molecule has 2 heterocycles. The lowest BCUT2D eigenvalue weighted by atomic mass is 9.73. The molecule has 2 fully saturated rings. The number of carbonyl (C=O) groups excluding carboxylic acids is 2. The van der Waals surface area contributed by atoms with Crippen LogP contribution in [-0.4, -0.2) is 77.8 Å². The third-order valence-corrected chi connectivity index (χ3v) is 18.0. The van der Waals surface area contributed by atoms with E-state index >= 15 is 0 Å². The van der Waals surface area contributed by atoms with Crippen LogP contribution in [0.3, 0.4) is 0 Å². The first-order chi connectivity index (χ1) is 34.9. The molecule has 5 nitrogen and oxygen atoms in total. The van der Waals surface area contributed by atoms with E-state index in [0.29, 0.717) is 30.5 Å². The molecule has 7 aromatic carbocycles. The minimum atomic E-state index is -0.466. The maximum atomic E-state index is 14.3. The summed E-state index contributed by atoms with van der Waals surface area (Å²) in [6.07, 6.45) is 4.35. The molecule has 2 bridgehead atoms. The Morgan fingerprint density at radius 1 is 0.592 bits per heavy atom. The Kier molecular flexibility index (Phi) is 17.0. The quantitative estimate of drug-likeness (QED) is 0.0509. The number of ketones is 1. The molecule has 2 aliphatic rings. The maximum absolute atomic E-state index is 14.3. The highest BCUT2D eigenvalue weighted by molar-refractivity contribution is 8.00. The first kappa shape index (κ1) is 50.2. The molecule has 1 N–H and O–H groups in total. The molecule has 2 aliphatic heterocycles. The number of nitrogens with one attached hydrogen (secondary N) is 1. The summed E-state index contributed by atoms with van der Waals surface area (Å²) in [4.78, 5) is 33.0. The molecule has 7 aromatic rings. The summed E-state index contributed by atoms with van der Waals surface area (Å²) in [6, 6.07) is 72.0. The number of benzene rings is 7. The van der Waals surface area contributed by atoms with Crippen LogP contribution in [0.4, 0.5) is 4.39 Å². The number of fused-ring (bicyclic) bond motifs is 2. The molecule has 0 spiro atoms. The minimum absolute atomic E-state index is 0.0227. The minimum Gasteiger partial charge on any atom is -0.354 e. The molecule has 364 valence electrons. The van der Waals surface area contributed by atoms with Crippen LogP contribution in [0.1, 0.15) is 83.9 Å². The summed E-state index contributed by atoms with van der Waals surface area (Å²) in [7, 11) is 0. The molecular weight excluding hydrogens is 914 g/mol. The van der Waals surface area contributed by atoms with Gasteiger partial charge in [-0.15, -0.1) is 23.5 Å². The second-order valence-corrected chi connectivity index (χ2v) is 21.6. The second kappa shape index (κ2) is 24.1. The van der Waals surface area contributed by atoms with Gasteiger partial charge < -0.3 is 5.32 Å². The van der Waals surface area contributed by atoms with E-state index in [9.17, 15) is 14.0 Å². The van der Waals surface area contributed by atoms with Crippen molar-refractivity contribution in [2.75, 3.05) is 44.2 Å². The van der Waals surface area contributed by atoms with Crippen molar-refractivity contribution in [3.8, 4) is 0 Å². The highest BCUT2D eigenvalue weighted by atomic mass is 32.2. The third-order valence-electron chi connectivity index (χ3n) is 14.9. The summed E-state index contributed by atoms with van der Waals surface area (Å²) in [5.74, 6) is 1.57. The highest BCUT2D eigenvalue weighted by Gasteiger charge is 2.49. The van der Waals surface area contributed by atoms with E-state index in [0.717, 1.165) is 56.6 Å². The van der Waals surface area contributed by atoms with Crippen LogP contribution < -0.4 is 5.32 Å². The molecule has 9 rings (SSSR count). The number of hydrogen-bond donors (Lipinski definition) is 1. The highest BCUT2D eigenvalue weighted by Crippen LogP contribution is 2.51. The lowest BCUT2D eigenvalue weighted by molar-refractivity contribution is -0.127. The van der Waals surface area contributed by atoms with Crippen molar-refractivity contribution in [1.29, 1.82) is 0 Å². The molecule has 0 saturated carbocycles. The first-order valence-electron chi connectivity index (χ1n) is 25.5. The Hall–Kier alpha value is -5.77. The number of carbonyl (C=O) groups is 2. The van der Waals surface area contributed by atoms with Crippen molar-refractivity contribution >= 4 is 35.2 Å². The predicted molar refractivity (Wildman–Crippen MR) is 293 cm³/mol. The molecule has 1 amide bonds. The largest absolute Gasteiger partial charge is 0.354 e. The van der Waals surface area contributed by atoms with Crippen molar-refractivity contribution in [3.05, 3.63) is 251 Å². The monoisotopic (exact) mass is 979 g/mol. The van der Waals surface area contributed by atoms with E-state index in [4.69, 9.17) is 0 Å². The number of Topliss-reactive ketones (excluding diaryl/α,β-unsaturated/α-hetero) is 1. The summed E-state index contributed by atoms with van der Waals surface area (Å²) >= 11 is 3.79. The van der Waals surface area contributed by atoms with E-state index in [2.05, 4.69) is 197 Å². The van der Waals surface area contributed by atoms with Crippen LogP contribution in [-0.2, 0) is 19.1 Å². The molecule has 4 atom stereocenters. The molecule has 0 radical (unpaired) electrons. The molecule has 2 saturated heterocycles. The fraction of sp³-hybridized carbons (Fsp3) is 0.302. The topological polar surface area (TPSA) is 52.7 Å². The lowest BCUT2D eigenvalue weighted by Gasteiger charge is -2.44. The van der Waals surface area contributed by atoms with E-state index in [-0.39, 0.29) is 36.1 Å². The number of thioether (sulfide) groups is 2. The van der Waals surface area contributed by atoms with Crippen LogP contribution in [0.5, 0.6) is 0 Å². The Morgan fingerprint density at radius 2 is 1.03 bits per heavy atom. The van der Waals surface area contributed by atoms with Crippen molar-refractivity contribution in [3.63, 3.8) is 0 Å². The Labute approximate surface area is 429 Å². The van der Waals surface area contributed by atoms with Gasteiger partial charge in [-0.3, -0.25) is 19.4 Å². The SMILES string of the molecule is CCC(=O)[C@H]1[C@@H](c2ccc(F)cc2)C[C@@H]2CC[C@H]1N2CCCN(CCSC(c1ccccc1)(c1ccccc1)c1ccccc1)CC(=O)NCCSC(c1ccccc1)(c1ccccc1)c1ccccc1. The molecule has 0 aliphatic carbocycles. The molecule has 0 unspecified atom stereocenters. The number of halogens is 1. The van der Waals surface area contributed by atoms with Gasteiger partial charge in [0, 0.05) is 49.0 Å².